The molecule has 1 heterocycles. The summed E-state index contributed by atoms with van der Waals surface area (Å²) in [6.45, 7) is 7.54. The van der Waals surface area contributed by atoms with Gasteiger partial charge in [0.15, 0.2) is 0 Å². The molecule has 0 spiro atoms. The van der Waals surface area contributed by atoms with Crippen LogP contribution in [-0.4, -0.2) is 18.6 Å². The zero-order valence-corrected chi connectivity index (χ0v) is 13.0. The van der Waals surface area contributed by atoms with Gasteiger partial charge in [-0.25, -0.2) is 4.98 Å². The highest BCUT2D eigenvalue weighted by atomic mass is 32.1. The molecule has 1 aromatic rings. The van der Waals surface area contributed by atoms with E-state index in [0.717, 1.165) is 37.2 Å². The average molecular weight is 275 g/mol. The third kappa shape index (κ3) is 2.57. The van der Waals surface area contributed by atoms with E-state index >= 15 is 0 Å². The lowest BCUT2D eigenvalue weighted by atomic mass is 9.73. The summed E-state index contributed by atoms with van der Waals surface area (Å²) in [6.07, 6.45) is 3.08. The average Bonchev–Trinajstić information content (AvgIpc) is 2.35. The molecule has 4 heteroatoms. The molecule has 1 aromatic heterocycles. The van der Waals surface area contributed by atoms with E-state index < -0.39 is 0 Å². The largest absolute Gasteiger partial charge is 0.360 e. The van der Waals surface area contributed by atoms with Gasteiger partial charge < -0.3 is 4.90 Å². The predicted octanol–water partition coefficient (Wildman–Crippen LogP) is 3.21. The molecule has 0 radical (unpaired) electrons. The lowest BCUT2D eigenvalue weighted by molar-refractivity contribution is 0.314. The lowest BCUT2D eigenvalue weighted by Crippen LogP contribution is -2.27. The molecule has 2 rings (SSSR count). The molecule has 1 aliphatic carbocycles. The van der Waals surface area contributed by atoms with Crippen LogP contribution in [0.1, 0.15) is 43.9 Å². The fraction of sp³-hybridized carbons (Fsp3) is 0.600. The number of aromatic nitrogens is 1. The molecule has 0 aromatic carbocycles. The quantitative estimate of drug-likeness (QED) is 0.842. The number of hydrogen-bond donors (Lipinski definition) is 1. The Balaban J connectivity index is 2.65. The van der Waals surface area contributed by atoms with Crippen molar-refractivity contribution in [2.45, 2.75) is 45.1 Å². The van der Waals surface area contributed by atoms with Gasteiger partial charge in [0.1, 0.15) is 16.9 Å². The summed E-state index contributed by atoms with van der Waals surface area (Å²) >= 11 is 4.41. The van der Waals surface area contributed by atoms with Crippen LogP contribution in [0.25, 0.3) is 0 Å². The molecular weight excluding hydrogens is 254 g/mol. The second-order valence-electron chi connectivity index (χ2n) is 6.06. The van der Waals surface area contributed by atoms with Gasteiger partial charge >= 0.3 is 0 Å². The molecule has 0 saturated heterocycles. The molecule has 0 N–H and O–H groups in total. The van der Waals surface area contributed by atoms with Crippen molar-refractivity contribution in [2.75, 3.05) is 18.5 Å². The number of nitriles is 1. The van der Waals surface area contributed by atoms with Crippen molar-refractivity contribution in [2.24, 2.45) is 5.41 Å². The summed E-state index contributed by atoms with van der Waals surface area (Å²) in [5.41, 5.74) is 3.33. The highest BCUT2D eigenvalue weighted by molar-refractivity contribution is 7.80. The molecule has 0 amide bonds. The molecule has 0 saturated carbocycles. The smallest absolute Gasteiger partial charge is 0.133 e. The summed E-state index contributed by atoms with van der Waals surface area (Å²) < 4.78 is 0. The first-order valence-electron chi connectivity index (χ1n) is 6.75. The zero-order valence-electron chi connectivity index (χ0n) is 12.1. The van der Waals surface area contributed by atoms with Gasteiger partial charge in [0.05, 0.1) is 5.56 Å². The number of fused-ring (bicyclic) bond motifs is 1. The van der Waals surface area contributed by atoms with E-state index in [1.54, 1.807) is 0 Å². The van der Waals surface area contributed by atoms with Crippen LogP contribution in [0.15, 0.2) is 5.03 Å². The second kappa shape index (κ2) is 5.05. The van der Waals surface area contributed by atoms with Gasteiger partial charge in [0, 0.05) is 13.6 Å². The molecule has 102 valence electrons. The topological polar surface area (TPSA) is 39.9 Å². The summed E-state index contributed by atoms with van der Waals surface area (Å²) in [4.78, 5) is 6.68. The normalized spacial score (nSPS) is 16.6. The van der Waals surface area contributed by atoms with Crippen molar-refractivity contribution < 1.29 is 0 Å². The summed E-state index contributed by atoms with van der Waals surface area (Å²) in [5.74, 6) is 0.997. The number of anilines is 1. The Morgan fingerprint density at radius 3 is 2.68 bits per heavy atom. The van der Waals surface area contributed by atoms with Crippen LogP contribution in [0.5, 0.6) is 0 Å². The molecule has 0 fully saturated rings. The number of hydrogen-bond acceptors (Lipinski definition) is 4. The van der Waals surface area contributed by atoms with Crippen LogP contribution in [-0.2, 0) is 12.8 Å². The maximum atomic E-state index is 9.38. The number of thiol groups is 1. The Labute approximate surface area is 121 Å². The van der Waals surface area contributed by atoms with E-state index in [9.17, 15) is 5.26 Å². The van der Waals surface area contributed by atoms with Crippen LogP contribution >= 0.6 is 12.6 Å². The first kappa shape index (κ1) is 14.2. The predicted molar refractivity (Wildman–Crippen MR) is 81.0 cm³/mol. The Bertz CT molecular complexity index is 543. The third-order valence-corrected chi connectivity index (χ3v) is 4.35. The van der Waals surface area contributed by atoms with Crippen LogP contribution < -0.4 is 4.90 Å². The minimum absolute atomic E-state index is 0.252. The molecule has 0 unspecified atom stereocenters. The maximum absolute atomic E-state index is 9.38. The maximum Gasteiger partial charge on any atom is 0.133 e. The van der Waals surface area contributed by atoms with Gasteiger partial charge in [-0.2, -0.15) is 5.26 Å². The van der Waals surface area contributed by atoms with E-state index in [4.69, 9.17) is 0 Å². The van der Waals surface area contributed by atoms with Gasteiger partial charge in [-0.15, -0.1) is 12.6 Å². The molecule has 3 nitrogen and oxygen atoms in total. The molecule has 0 aliphatic heterocycles. The monoisotopic (exact) mass is 275 g/mol. The Hall–Kier alpha value is -1.21. The van der Waals surface area contributed by atoms with Gasteiger partial charge in [-0.3, -0.25) is 0 Å². The molecule has 0 bridgehead atoms. The summed E-state index contributed by atoms with van der Waals surface area (Å²) in [7, 11) is 2.04. The Morgan fingerprint density at radius 2 is 2.11 bits per heavy atom. The Kier molecular flexibility index (Phi) is 3.78. The number of nitrogens with zero attached hydrogens (tertiary/aromatic N) is 3. The SMILES string of the molecule is CCN(C)c1nc(S)c(C#N)c2c1CCC(C)(C)C2. The highest BCUT2D eigenvalue weighted by Gasteiger charge is 2.31. The van der Waals surface area contributed by atoms with Crippen molar-refractivity contribution in [3.63, 3.8) is 0 Å². The van der Waals surface area contributed by atoms with Crippen LogP contribution in [0, 0.1) is 16.7 Å². The lowest BCUT2D eigenvalue weighted by Gasteiger charge is -2.34. The van der Waals surface area contributed by atoms with Crippen LogP contribution in [0.4, 0.5) is 5.82 Å². The first-order valence-corrected chi connectivity index (χ1v) is 7.20. The molecular formula is C15H21N3S. The standard InChI is InChI=1S/C15H21N3S/c1-5-18(4)13-10-6-7-15(2,3)8-11(10)12(9-16)14(19)17-13/h5-8H2,1-4H3,(H,17,19). The minimum Gasteiger partial charge on any atom is -0.360 e. The highest BCUT2D eigenvalue weighted by Crippen LogP contribution is 2.40. The van der Waals surface area contributed by atoms with E-state index in [0.29, 0.717) is 10.6 Å². The van der Waals surface area contributed by atoms with Crippen LogP contribution in [0.2, 0.25) is 0 Å². The van der Waals surface area contributed by atoms with E-state index in [-0.39, 0.29) is 5.41 Å². The van der Waals surface area contributed by atoms with Crippen molar-refractivity contribution in [3.05, 3.63) is 16.7 Å². The van der Waals surface area contributed by atoms with Gasteiger partial charge in [0.2, 0.25) is 0 Å². The van der Waals surface area contributed by atoms with Gasteiger partial charge in [0.25, 0.3) is 0 Å². The molecule has 19 heavy (non-hydrogen) atoms. The zero-order chi connectivity index (χ0) is 14.2. The first-order chi connectivity index (χ1) is 8.89. The van der Waals surface area contributed by atoms with Crippen molar-refractivity contribution >= 4 is 18.4 Å². The fourth-order valence-corrected chi connectivity index (χ4v) is 3.00. The number of rotatable bonds is 2. The van der Waals surface area contributed by atoms with Gasteiger partial charge in [-0.05, 0) is 42.7 Å². The van der Waals surface area contributed by atoms with E-state index in [2.05, 4.69) is 49.4 Å². The minimum atomic E-state index is 0.252. The Morgan fingerprint density at radius 1 is 1.42 bits per heavy atom. The van der Waals surface area contributed by atoms with Crippen molar-refractivity contribution in [1.29, 1.82) is 5.26 Å². The summed E-state index contributed by atoms with van der Waals surface area (Å²) in [5, 5.41) is 9.94. The van der Waals surface area contributed by atoms with Crippen molar-refractivity contribution in [1.82, 2.24) is 4.98 Å². The molecule has 0 atom stereocenters. The van der Waals surface area contributed by atoms with E-state index in [1.165, 1.54) is 5.56 Å². The second-order valence-corrected chi connectivity index (χ2v) is 6.48. The molecule has 1 aliphatic rings. The van der Waals surface area contributed by atoms with Crippen molar-refractivity contribution in [3.8, 4) is 6.07 Å². The van der Waals surface area contributed by atoms with Crippen LogP contribution in [0.3, 0.4) is 0 Å². The fourth-order valence-electron chi connectivity index (χ4n) is 2.72. The third-order valence-electron chi connectivity index (χ3n) is 4.03. The summed E-state index contributed by atoms with van der Waals surface area (Å²) in [6, 6.07) is 2.29. The van der Waals surface area contributed by atoms with E-state index in [1.807, 2.05) is 7.05 Å². The van der Waals surface area contributed by atoms with Gasteiger partial charge in [-0.1, -0.05) is 13.8 Å². The number of pyridine rings is 1.